The Morgan fingerprint density at radius 1 is 1.38 bits per heavy atom. The molecule has 0 bridgehead atoms. The fraction of sp³-hybridized carbons (Fsp3) is 0.357. The van der Waals surface area contributed by atoms with Crippen LogP contribution in [-0.4, -0.2) is 38.4 Å². The van der Waals surface area contributed by atoms with Crippen molar-refractivity contribution in [3.05, 3.63) is 40.3 Å². The van der Waals surface area contributed by atoms with Gasteiger partial charge in [-0.1, -0.05) is 18.2 Å². The second-order valence-corrected chi connectivity index (χ2v) is 6.44. The predicted molar refractivity (Wildman–Crippen MR) is 82.8 cm³/mol. The first kappa shape index (κ1) is 15.4. The van der Waals surface area contributed by atoms with E-state index in [2.05, 4.69) is 15.5 Å². The van der Waals surface area contributed by atoms with E-state index >= 15 is 0 Å². The number of fused-ring (bicyclic) bond motifs is 1. The van der Waals surface area contributed by atoms with Crippen molar-refractivity contribution >= 4 is 27.5 Å². The van der Waals surface area contributed by atoms with Gasteiger partial charge >= 0.3 is 0 Å². The van der Waals surface area contributed by atoms with Gasteiger partial charge in [0.15, 0.2) is 5.69 Å². The van der Waals surface area contributed by atoms with Gasteiger partial charge in [-0.05, 0) is 19.4 Å². The van der Waals surface area contributed by atoms with Crippen molar-refractivity contribution in [1.82, 2.24) is 15.5 Å². The maximum atomic E-state index is 12.3. The summed E-state index contributed by atoms with van der Waals surface area (Å²) in [5.41, 5.74) is -0.133. The molecule has 2 unspecified atom stereocenters. The average molecular weight is 307 g/mol. The van der Waals surface area contributed by atoms with E-state index in [4.69, 9.17) is 0 Å². The van der Waals surface area contributed by atoms with E-state index in [1.165, 1.54) is 0 Å². The Balaban J connectivity index is 2.22. The topological polar surface area (TPSA) is 91.9 Å². The molecular weight excluding hydrogens is 290 g/mol. The largest absolute Gasteiger partial charge is 0.348 e. The number of benzene rings is 1. The summed E-state index contributed by atoms with van der Waals surface area (Å²) in [5.74, 6) is 0.179. The van der Waals surface area contributed by atoms with Crippen LogP contribution in [0.25, 0.3) is 10.8 Å². The lowest BCUT2D eigenvalue weighted by Gasteiger charge is -2.13. The quantitative estimate of drug-likeness (QED) is 0.855. The van der Waals surface area contributed by atoms with Gasteiger partial charge in [-0.25, -0.2) is 5.10 Å². The number of nitrogens with zero attached hydrogens (tertiary/aromatic N) is 1. The first-order valence-electron chi connectivity index (χ1n) is 6.57. The predicted octanol–water partition coefficient (Wildman–Crippen LogP) is 0.810. The van der Waals surface area contributed by atoms with Gasteiger partial charge in [-0.15, -0.1) is 0 Å². The van der Waals surface area contributed by atoms with Gasteiger partial charge in [-0.3, -0.25) is 13.8 Å². The Hall–Kier alpha value is -2.02. The standard InChI is InChI=1S/C14H17N3O3S/c1-9(7-8-21(2)20)15-14(19)12-10-5-3-4-6-11(10)13(18)17-16-12/h3-6,9H,7-8H2,1-2H3,(H,15,19)(H,17,18). The van der Waals surface area contributed by atoms with Gasteiger partial charge in [0.2, 0.25) is 0 Å². The first-order valence-corrected chi connectivity index (χ1v) is 8.30. The molecular formula is C14H17N3O3S. The monoisotopic (exact) mass is 307 g/mol. The molecule has 0 aliphatic heterocycles. The summed E-state index contributed by atoms with van der Waals surface area (Å²) >= 11 is 0. The lowest BCUT2D eigenvalue weighted by molar-refractivity contribution is 0.0935. The Morgan fingerprint density at radius 2 is 2.05 bits per heavy atom. The lowest BCUT2D eigenvalue weighted by atomic mass is 10.1. The maximum Gasteiger partial charge on any atom is 0.272 e. The minimum absolute atomic E-state index is 0.117. The molecule has 7 heteroatoms. The molecule has 0 spiro atoms. The number of nitrogens with one attached hydrogen (secondary N) is 2. The van der Waals surface area contributed by atoms with Gasteiger partial charge in [0.1, 0.15) is 0 Å². The van der Waals surface area contributed by atoms with Crippen LogP contribution in [0.4, 0.5) is 0 Å². The number of H-pyrrole nitrogens is 1. The van der Waals surface area contributed by atoms with Gasteiger partial charge in [0, 0.05) is 34.2 Å². The molecule has 1 amide bonds. The zero-order valence-electron chi connectivity index (χ0n) is 11.9. The maximum absolute atomic E-state index is 12.3. The minimum Gasteiger partial charge on any atom is -0.348 e. The summed E-state index contributed by atoms with van der Waals surface area (Å²) in [7, 11) is -0.885. The number of amides is 1. The van der Waals surface area contributed by atoms with Crippen molar-refractivity contribution in [1.29, 1.82) is 0 Å². The first-order chi connectivity index (χ1) is 9.99. The van der Waals surface area contributed by atoms with Crippen molar-refractivity contribution in [2.24, 2.45) is 0 Å². The summed E-state index contributed by atoms with van der Waals surface area (Å²) in [5, 5.41) is 9.93. The zero-order valence-corrected chi connectivity index (χ0v) is 12.7. The number of rotatable bonds is 5. The fourth-order valence-corrected chi connectivity index (χ4v) is 2.68. The third kappa shape index (κ3) is 3.75. The molecule has 0 saturated carbocycles. The van der Waals surface area contributed by atoms with Gasteiger partial charge in [0.05, 0.1) is 5.39 Å². The van der Waals surface area contributed by atoms with Crippen molar-refractivity contribution in [2.45, 2.75) is 19.4 Å². The third-order valence-electron chi connectivity index (χ3n) is 3.13. The highest BCUT2D eigenvalue weighted by atomic mass is 32.2. The van der Waals surface area contributed by atoms with Crippen LogP contribution in [0.5, 0.6) is 0 Å². The summed E-state index contributed by atoms with van der Waals surface area (Å²) in [6, 6.07) is 6.71. The zero-order chi connectivity index (χ0) is 15.4. The molecule has 112 valence electrons. The van der Waals surface area contributed by atoms with Crippen LogP contribution in [0.15, 0.2) is 29.1 Å². The number of aromatic amines is 1. The highest BCUT2D eigenvalue weighted by Gasteiger charge is 2.16. The molecule has 21 heavy (non-hydrogen) atoms. The second-order valence-electron chi connectivity index (χ2n) is 4.89. The van der Waals surface area contributed by atoms with Crippen molar-refractivity contribution in [3.8, 4) is 0 Å². The molecule has 2 aromatic rings. The van der Waals surface area contributed by atoms with E-state index in [1.807, 2.05) is 6.92 Å². The van der Waals surface area contributed by atoms with Crippen LogP contribution in [0, 0.1) is 0 Å². The van der Waals surface area contributed by atoms with Crippen molar-refractivity contribution in [2.75, 3.05) is 12.0 Å². The molecule has 1 aromatic carbocycles. The Bertz CT molecular complexity index is 742. The van der Waals surface area contributed by atoms with Gasteiger partial charge in [0.25, 0.3) is 11.5 Å². The molecule has 0 aliphatic rings. The second kappa shape index (κ2) is 6.62. The van der Waals surface area contributed by atoms with Crippen molar-refractivity contribution < 1.29 is 9.00 Å². The van der Waals surface area contributed by atoms with Crippen LogP contribution < -0.4 is 10.9 Å². The summed E-state index contributed by atoms with van der Waals surface area (Å²) < 4.78 is 11.1. The van der Waals surface area contributed by atoms with Crippen LogP contribution in [0.1, 0.15) is 23.8 Å². The molecule has 2 N–H and O–H groups in total. The van der Waals surface area contributed by atoms with E-state index in [0.29, 0.717) is 22.9 Å². The van der Waals surface area contributed by atoms with Crippen LogP contribution in [0.2, 0.25) is 0 Å². The number of hydrogen-bond acceptors (Lipinski definition) is 4. The van der Waals surface area contributed by atoms with Crippen molar-refractivity contribution in [3.63, 3.8) is 0 Å². The fourth-order valence-electron chi connectivity index (χ4n) is 1.99. The van der Waals surface area contributed by atoms with E-state index in [1.54, 1.807) is 30.5 Å². The summed E-state index contributed by atoms with van der Waals surface area (Å²) in [4.78, 5) is 23.9. The summed E-state index contributed by atoms with van der Waals surface area (Å²) in [6.45, 7) is 1.85. The molecule has 6 nitrogen and oxygen atoms in total. The molecule has 1 heterocycles. The van der Waals surface area contributed by atoms with E-state index in [9.17, 15) is 13.8 Å². The Morgan fingerprint density at radius 3 is 2.71 bits per heavy atom. The van der Waals surface area contributed by atoms with Crippen LogP contribution >= 0.6 is 0 Å². The van der Waals surface area contributed by atoms with E-state index in [-0.39, 0.29) is 23.2 Å². The smallest absolute Gasteiger partial charge is 0.272 e. The third-order valence-corrected chi connectivity index (χ3v) is 3.94. The van der Waals surface area contributed by atoms with E-state index < -0.39 is 10.8 Å². The SMILES string of the molecule is CC(CCS(C)=O)NC(=O)c1n[nH]c(=O)c2ccccc12. The molecule has 1 aromatic heterocycles. The van der Waals surface area contributed by atoms with Crippen LogP contribution in [-0.2, 0) is 10.8 Å². The highest BCUT2D eigenvalue weighted by molar-refractivity contribution is 7.84. The molecule has 0 aliphatic carbocycles. The normalized spacial score (nSPS) is 13.8. The van der Waals surface area contributed by atoms with Gasteiger partial charge in [-0.2, -0.15) is 5.10 Å². The Labute approximate surface area is 124 Å². The van der Waals surface area contributed by atoms with Crippen LogP contribution in [0.3, 0.4) is 0 Å². The lowest BCUT2D eigenvalue weighted by Crippen LogP contribution is -2.34. The van der Waals surface area contributed by atoms with Gasteiger partial charge < -0.3 is 5.32 Å². The number of aromatic nitrogens is 2. The minimum atomic E-state index is -0.885. The molecule has 0 saturated heterocycles. The molecule has 0 fully saturated rings. The van der Waals surface area contributed by atoms with E-state index in [0.717, 1.165) is 0 Å². The molecule has 2 rings (SSSR count). The average Bonchev–Trinajstić information content (AvgIpc) is 2.45. The highest BCUT2D eigenvalue weighted by Crippen LogP contribution is 2.12. The molecule has 0 radical (unpaired) electrons. The summed E-state index contributed by atoms with van der Waals surface area (Å²) in [6.07, 6.45) is 2.25. The Kier molecular flexibility index (Phi) is 4.85. The number of carbonyl (C=O) groups is 1. The number of carbonyl (C=O) groups excluding carboxylic acids is 1. The molecule has 2 atom stereocenters. The number of hydrogen-bond donors (Lipinski definition) is 2.